The van der Waals surface area contributed by atoms with E-state index in [0.717, 1.165) is 46.9 Å². The van der Waals surface area contributed by atoms with Crippen LogP contribution in [0, 0.1) is 5.92 Å². The first-order chi connectivity index (χ1) is 10.2. The average Bonchev–Trinajstić information content (AvgIpc) is 3.00. The van der Waals surface area contributed by atoms with Gasteiger partial charge < -0.3 is 10.6 Å². The number of nitrogens with one attached hydrogen (secondary N) is 2. The predicted octanol–water partition coefficient (Wildman–Crippen LogP) is 3.75. The van der Waals surface area contributed by atoms with Crippen molar-refractivity contribution in [1.82, 2.24) is 10.6 Å². The monoisotopic (exact) mass is 382 g/mol. The number of halogens is 2. The summed E-state index contributed by atoms with van der Waals surface area (Å²) < 4.78 is 1.05. The standard InChI is InChI=1S/C17H19BrN2O.ClH/c18-16-4-3-13-9-15(2-1-14(13)10-16)17(21)20-8-6-12-5-7-19-11-12;/h1-4,9-10,12,19H,5-8,11H2,(H,20,21);1H. The molecule has 5 heteroatoms. The van der Waals surface area contributed by atoms with Crippen molar-refractivity contribution in [2.24, 2.45) is 5.92 Å². The van der Waals surface area contributed by atoms with Gasteiger partial charge in [0.25, 0.3) is 5.91 Å². The molecular weight excluding hydrogens is 364 g/mol. The third kappa shape index (κ3) is 4.22. The molecule has 3 rings (SSSR count). The second kappa shape index (κ2) is 7.95. The zero-order valence-electron chi connectivity index (χ0n) is 12.3. The summed E-state index contributed by atoms with van der Waals surface area (Å²) in [4.78, 5) is 12.2. The normalized spacial score (nSPS) is 17.2. The number of hydrogen-bond acceptors (Lipinski definition) is 2. The van der Waals surface area contributed by atoms with E-state index in [1.807, 2.05) is 30.3 Å². The van der Waals surface area contributed by atoms with E-state index in [4.69, 9.17) is 0 Å². The fourth-order valence-corrected chi connectivity index (χ4v) is 3.19. The molecule has 2 aromatic rings. The second-order valence-corrected chi connectivity index (χ2v) is 6.53. The number of rotatable bonds is 4. The quantitative estimate of drug-likeness (QED) is 0.844. The van der Waals surface area contributed by atoms with Crippen LogP contribution in [0.4, 0.5) is 0 Å². The molecule has 0 radical (unpaired) electrons. The van der Waals surface area contributed by atoms with Crippen molar-refractivity contribution in [1.29, 1.82) is 0 Å². The van der Waals surface area contributed by atoms with Gasteiger partial charge in [0.1, 0.15) is 0 Å². The molecule has 1 saturated heterocycles. The second-order valence-electron chi connectivity index (χ2n) is 5.61. The van der Waals surface area contributed by atoms with Gasteiger partial charge in [0, 0.05) is 16.6 Å². The zero-order valence-corrected chi connectivity index (χ0v) is 14.7. The van der Waals surface area contributed by atoms with Gasteiger partial charge in [0.2, 0.25) is 0 Å². The minimum atomic E-state index is 0. The molecule has 2 aromatic carbocycles. The van der Waals surface area contributed by atoms with Crippen molar-refractivity contribution < 1.29 is 4.79 Å². The van der Waals surface area contributed by atoms with Crippen LogP contribution < -0.4 is 10.6 Å². The topological polar surface area (TPSA) is 41.1 Å². The minimum Gasteiger partial charge on any atom is -0.352 e. The highest BCUT2D eigenvalue weighted by Crippen LogP contribution is 2.21. The Hall–Kier alpha value is -1.10. The molecular formula is C17H20BrClN2O. The van der Waals surface area contributed by atoms with Crippen molar-refractivity contribution >= 4 is 45.0 Å². The number of amides is 1. The van der Waals surface area contributed by atoms with Crippen LogP contribution >= 0.6 is 28.3 Å². The Bertz CT molecular complexity index is 656. The Balaban J connectivity index is 0.00000176. The first kappa shape index (κ1) is 17.3. The number of carbonyl (C=O) groups excluding carboxylic acids is 1. The van der Waals surface area contributed by atoms with Crippen LogP contribution in [-0.2, 0) is 0 Å². The Morgan fingerprint density at radius 2 is 2.00 bits per heavy atom. The van der Waals surface area contributed by atoms with Crippen LogP contribution in [0.2, 0.25) is 0 Å². The highest BCUT2D eigenvalue weighted by molar-refractivity contribution is 9.10. The lowest BCUT2D eigenvalue weighted by Crippen LogP contribution is -2.26. The summed E-state index contributed by atoms with van der Waals surface area (Å²) >= 11 is 3.46. The number of fused-ring (bicyclic) bond motifs is 1. The Morgan fingerprint density at radius 1 is 1.23 bits per heavy atom. The lowest BCUT2D eigenvalue weighted by Gasteiger charge is -2.10. The third-order valence-corrected chi connectivity index (χ3v) is 4.56. The Kier molecular flexibility index (Phi) is 6.24. The smallest absolute Gasteiger partial charge is 0.251 e. The third-order valence-electron chi connectivity index (χ3n) is 4.06. The molecule has 1 heterocycles. The van der Waals surface area contributed by atoms with E-state index in [0.29, 0.717) is 5.92 Å². The maximum Gasteiger partial charge on any atom is 0.251 e. The number of benzene rings is 2. The molecule has 1 aliphatic rings. The van der Waals surface area contributed by atoms with E-state index in [1.54, 1.807) is 0 Å². The van der Waals surface area contributed by atoms with Crippen molar-refractivity contribution in [3.05, 3.63) is 46.4 Å². The lowest BCUT2D eigenvalue weighted by molar-refractivity contribution is 0.0952. The Labute approximate surface area is 145 Å². The molecule has 1 unspecified atom stereocenters. The zero-order chi connectivity index (χ0) is 14.7. The molecule has 0 saturated carbocycles. The molecule has 0 spiro atoms. The van der Waals surface area contributed by atoms with Gasteiger partial charge in [0.05, 0.1) is 0 Å². The van der Waals surface area contributed by atoms with Gasteiger partial charge in [-0.05, 0) is 66.9 Å². The van der Waals surface area contributed by atoms with Gasteiger partial charge in [-0.2, -0.15) is 0 Å². The minimum absolute atomic E-state index is 0. The van der Waals surface area contributed by atoms with E-state index in [-0.39, 0.29) is 18.3 Å². The maximum atomic E-state index is 12.2. The molecule has 2 N–H and O–H groups in total. The number of hydrogen-bond donors (Lipinski definition) is 2. The molecule has 1 atom stereocenters. The van der Waals surface area contributed by atoms with E-state index in [1.165, 1.54) is 6.42 Å². The van der Waals surface area contributed by atoms with E-state index >= 15 is 0 Å². The summed E-state index contributed by atoms with van der Waals surface area (Å²) in [5, 5.41) is 8.60. The molecule has 1 aliphatic heterocycles. The SMILES string of the molecule is Cl.O=C(NCCC1CCNC1)c1ccc2cc(Br)ccc2c1. The van der Waals surface area contributed by atoms with Crippen LogP contribution in [0.25, 0.3) is 10.8 Å². The first-order valence-electron chi connectivity index (χ1n) is 7.40. The van der Waals surface area contributed by atoms with Crippen LogP contribution in [0.1, 0.15) is 23.2 Å². The van der Waals surface area contributed by atoms with Crippen molar-refractivity contribution in [3.63, 3.8) is 0 Å². The van der Waals surface area contributed by atoms with Gasteiger partial charge >= 0.3 is 0 Å². The van der Waals surface area contributed by atoms with Crippen molar-refractivity contribution in [3.8, 4) is 0 Å². The number of carbonyl (C=O) groups is 1. The molecule has 0 bridgehead atoms. The van der Waals surface area contributed by atoms with Crippen molar-refractivity contribution in [2.75, 3.05) is 19.6 Å². The predicted molar refractivity (Wildman–Crippen MR) is 96.8 cm³/mol. The highest BCUT2D eigenvalue weighted by Gasteiger charge is 2.14. The van der Waals surface area contributed by atoms with Crippen LogP contribution in [0.15, 0.2) is 40.9 Å². The molecule has 0 aromatic heterocycles. The average molecular weight is 384 g/mol. The summed E-state index contributed by atoms with van der Waals surface area (Å²) in [7, 11) is 0. The van der Waals surface area contributed by atoms with Gasteiger partial charge in [-0.25, -0.2) is 0 Å². The molecule has 3 nitrogen and oxygen atoms in total. The lowest BCUT2D eigenvalue weighted by atomic mass is 10.0. The summed E-state index contributed by atoms with van der Waals surface area (Å²) in [6.45, 7) is 2.95. The largest absolute Gasteiger partial charge is 0.352 e. The fourth-order valence-electron chi connectivity index (χ4n) is 2.81. The molecule has 1 fully saturated rings. The maximum absolute atomic E-state index is 12.2. The molecule has 22 heavy (non-hydrogen) atoms. The highest BCUT2D eigenvalue weighted by atomic mass is 79.9. The summed E-state index contributed by atoms with van der Waals surface area (Å²) in [5.41, 5.74) is 0.731. The fraction of sp³-hybridized carbons (Fsp3) is 0.353. The summed E-state index contributed by atoms with van der Waals surface area (Å²) in [5.74, 6) is 0.727. The molecule has 118 valence electrons. The van der Waals surface area contributed by atoms with Crippen molar-refractivity contribution in [2.45, 2.75) is 12.8 Å². The van der Waals surface area contributed by atoms with Gasteiger partial charge in [-0.1, -0.05) is 28.1 Å². The molecule has 1 amide bonds. The van der Waals surface area contributed by atoms with E-state index in [2.05, 4.69) is 32.6 Å². The van der Waals surface area contributed by atoms with Gasteiger partial charge in [-0.3, -0.25) is 4.79 Å². The van der Waals surface area contributed by atoms with E-state index in [9.17, 15) is 4.79 Å². The van der Waals surface area contributed by atoms with Gasteiger partial charge in [0.15, 0.2) is 0 Å². The molecule has 0 aliphatic carbocycles. The van der Waals surface area contributed by atoms with Crippen LogP contribution in [-0.4, -0.2) is 25.5 Å². The Morgan fingerprint density at radius 3 is 2.77 bits per heavy atom. The van der Waals surface area contributed by atoms with E-state index < -0.39 is 0 Å². The van der Waals surface area contributed by atoms with Gasteiger partial charge in [-0.15, -0.1) is 12.4 Å². The summed E-state index contributed by atoms with van der Waals surface area (Å²) in [6.07, 6.45) is 2.28. The van der Waals surface area contributed by atoms with Crippen LogP contribution in [0.3, 0.4) is 0 Å². The van der Waals surface area contributed by atoms with Crippen LogP contribution in [0.5, 0.6) is 0 Å². The first-order valence-corrected chi connectivity index (χ1v) is 8.20. The summed E-state index contributed by atoms with van der Waals surface area (Å²) in [6, 6.07) is 11.9.